The van der Waals surface area contributed by atoms with Crippen LogP contribution in [0.2, 0.25) is 0 Å². The summed E-state index contributed by atoms with van der Waals surface area (Å²) in [6.07, 6.45) is -0.961. The molecule has 0 aromatic carbocycles. The maximum absolute atomic E-state index is 11.3. The van der Waals surface area contributed by atoms with E-state index in [2.05, 4.69) is 19.8 Å². The highest BCUT2D eigenvalue weighted by Crippen LogP contribution is 2.22. The highest BCUT2D eigenvalue weighted by molar-refractivity contribution is 5.88. The summed E-state index contributed by atoms with van der Waals surface area (Å²) in [6, 6.07) is 2.30. The summed E-state index contributed by atoms with van der Waals surface area (Å²) in [5.74, 6) is -0.859. The summed E-state index contributed by atoms with van der Waals surface area (Å²) >= 11 is 0. The number of pyridine rings is 1. The Morgan fingerprint density at radius 3 is 2.75 bits per heavy atom. The highest BCUT2D eigenvalue weighted by Gasteiger charge is 2.18. The number of aromatic nitrogens is 1. The zero-order valence-electron chi connectivity index (χ0n) is 10.5. The van der Waals surface area contributed by atoms with Gasteiger partial charge in [-0.05, 0) is 6.07 Å². The third-order valence-electron chi connectivity index (χ3n) is 2.10. The normalized spacial score (nSPS) is 9.65. The molecule has 0 saturated carbocycles. The van der Waals surface area contributed by atoms with Gasteiger partial charge in [-0.1, -0.05) is 0 Å². The molecule has 0 atom stereocenters. The van der Waals surface area contributed by atoms with Crippen LogP contribution in [0.1, 0.15) is 10.5 Å². The summed E-state index contributed by atoms with van der Waals surface area (Å²) in [5, 5.41) is 13.4. The highest BCUT2D eigenvalue weighted by atomic mass is 16.6. The van der Waals surface area contributed by atoms with Gasteiger partial charge in [0.25, 0.3) is 0 Å². The van der Waals surface area contributed by atoms with Gasteiger partial charge in [-0.2, -0.15) is 0 Å². The van der Waals surface area contributed by atoms with Crippen molar-refractivity contribution < 1.29 is 24.0 Å². The zero-order chi connectivity index (χ0) is 15.1. The van der Waals surface area contributed by atoms with Gasteiger partial charge in [-0.15, -0.1) is 0 Å². The van der Waals surface area contributed by atoms with Crippen molar-refractivity contribution in [3.05, 3.63) is 27.9 Å². The van der Waals surface area contributed by atoms with Crippen LogP contribution in [0.5, 0.6) is 0 Å². The molecule has 20 heavy (non-hydrogen) atoms. The Balaban J connectivity index is 2.86. The van der Waals surface area contributed by atoms with E-state index in [1.807, 2.05) is 0 Å². The number of carbonyl (C=O) groups excluding carboxylic acids is 2. The molecule has 0 aliphatic heterocycles. The standard InChI is InChI=1S/C10H12N4O6/c1-19-9(15)6-2-3-7(14(17)18)8(13-6)12-4-5-20-10(11)16/h2-3H,4-5H2,1H3,(H2,11,16)(H,12,13). The Hall–Kier alpha value is -2.91. The van der Waals surface area contributed by atoms with E-state index in [1.54, 1.807) is 0 Å². The molecule has 0 bridgehead atoms. The van der Waals surface area contributed by atoms with E-state index in [0.717, 1.165) is 6.07 Å². The van der Waals surface area contributed by atoms with Gasteiger partial charge in [0.15, 0.2) is 5.69 Å². The lowest BCUT2D eigenvalue weighted by atomic mass is 10.3. The van der Waals surface area contributed by atoms with Crippen molar-refractivity contribution in [2.75, 3.05) is 25.6 Å². The molecule has 0 spiro atoms. The number of rotatable bonds is 6. The first-order chi connectivity index (χ1) is 9.45. The van der Waals surface area contributed by atoms with Gasteiger partial charge in [0, 0.05) is 6.07 Å². The van der Waals surface area contributed by atoms with Crippen LogP contribution < -0.4 is 11.1 Å². The minimum atomic E-state index is -0.961. The largest absolute Gasteiger partial charge is 0.464 e. The van der Waals surface area contributed by atoms with E-state index in [1.165, 1.54) is 13.2 Å². The van der Waals surface area contributed by atoms with Crippen molar-refractivity contribution >= 4 is 23.6 Å². The number of amides is 1. The lowest BCUT2D eigenvalue weighted by molar-refractivity contribution is -0.384. The Kier molecular flexibility index (Phi) is 5.21. The van der Waals surface area contributed by atoms with Crippen molar-refractivity contribution in [1.82, 2.24) is 4.98 Å². The topological polar surface area (TPSA) is 147 Å². The molecule has 0 radical (unpaired) electrons. The minimum absolute atomic E-state index is 0.0431. The fourth-order valence-corrected chi connectivity index (χ4v) is 1.27. The van der Waals surface area contributed by atoms with Crippen molar-refractivity contribution in [3.63, 3.8) is 0 Å². The average Bonchev–Trinajstić information content (AvgIpc) is 2.42. The minimum Gasteiger partial charge on any atom is -0.464 e. The molecule has 0 saturated heterocycles. The van der Waals surface area contributed by atoms with E-state index in [9.17, 15) is 19.7 Å². The molecule has 0 fully saturated rings. The summed E-state index contributed by atoms with van der Waals surface area (Å²) < 4.78 is 8.91. The van der Waals surface area contributed by atoms with Gasteiger partial charge in [-0.3, -0.25) is 10.1 Å². The van der Waals surface area contributed by atoms with Crippen LogP contribution in [0.4, 0.5) is 16.3 Å². The smallest absolute Gasteiger partial charge is 0.404 e. The second-order valence-corrected chi connectivity index (χ2v) is 3.41. The zero-order valence-corrected chi connectivity index (χ0v) is 10.5. The Morgan fingerprint density at radius 2 is 2.20 bits per heavy atom. The number of primary amides is 1. The number of hydrogen-bond donors (Lipinski definition) is 2. The lowest BCUT2D eigenvalue weighted by Gasteiger charge is -2.07. The molecule has 1 aromatic heterocycles. The molecule has 3 N–H and O–H groups in total. The molecule has 10 heteroatoms. The van der Waals surface area contributed by atoms with Crippen LogP contribution >= 0.6 is 0 Å². The fourth-order valence-electron chi connectivity index (χ4n) is 1.27. The fraction of sp³-hybridized carbons (Fsp3) is 0.300. The van der Waals surface area contributed by atoms with Crippen LogP contribution in [-0.2, 0) is 9.47 Å². The van der Waals surface area contributed by atoms with Crippen LogP contribution in [0.3, 0.4) is 0 Å². The summed E-state index contributed by atoms with van der Waals surface area (Å²) in [5.41, 5.74) is 4.35. The second-order valence-electron chi connectivity index (χ2n) is 3.41. The number of ether oxygens (including phenoxy) is 2. The van der Waals surface area contributed by atoms with Crippen LogP contribution in [0.15, 0.2) is 12.1 Å². The number of esters is 1. The SMILES string of the molecule is COC(=O)c1ccc([N+](=O)[O-])c(NCCOC(N)=O)n1. The Bertz CT molecular complexity index is 532. The van der Waals surface area contributed by atoms with Crippen molar-refractivity contribution in [3.8, 4) is 0 Å². The third kappa shape index (κ3) is 4.08. The number of nitrogens with zero attached hydrogens (tertiary/aromatic N) is 2. The third-order valence-corrected chi connectivity index (χ3v) is 2.10. The molecule has 1 amide bonds. The molecule has 1 rings (SSSR count). The van der Waals surface area contributed by atoms with E-state index < -0.39 is 17.0 Å². The maximum Gasteiger partial charge on any atom is 0.404 e. The molecule has 1 aromatic rings. The second kappa shape index (κ2) is 6.87. The molecule has 0 aliphatic carbocycles. The number of nitro groups is 1. The predicted octanol–water partition coefficient (Wildman–Crippen LogP) is 0.284. The summed E-state index contributed by atoms with van der Waals surface area (Å²) in [6.45, 7) is -0.0575. The van der Waals surface area contributed by atoms with Crippen LogP contribution in [0.25, 0.3) is 0 Å². The molecule has 1 heterocycles. The van der Waals surface area contributed by atoms with Gasteiger partial charge in [0.1, 0.15) is 6.61 Å². The van der Waals surface area contributed by atoms with Crippen LogP contribution in [-0.4, -0.2) is 42.2 Å². The predicted molar refractivity (Wildman–Crippen MR) is 66.3 cm³/mol. The summed E-state index contributed by atoms with van der Waals surface area (Å²) in [4.78, 5) is 35.6. The molecule has 108 valence electrons. The number of carbonyl (C=O) groups is 2. The van der Waals surface area contributed by atoms with Gasteiger partial charge in [-0.25, -0.2) is 14.6 Å². The Morgan fingerprint density at radius 1 is 1.50 bits per heavy atom. The maximum atomic E-state index is 11.3. The van der Waals surface area contributed by atoms with E-state index in [4.69, 9.17) is 5.73 Å². The molecule has 0 aliphatic rings. The first-order valence-corrected chi connectivity index (χ1v) is 5.35. The van der Waals surface area contributed by atoms with E-state index in [-0.39, 0.29) is 30.4 Å². The number of methoxy groups -OCH3 is 1. The van der Waals surface area contributed by atoms with Crippen molar-refractivity contribution in [1.29, 1.82) is 0 Å². The van der Waals surface area contributed by atoms with Crippen LogP contribution in [0, 0.1) is 10.1 Å². The number of hydrogen-bond acceptors (Lipinski definition) is 8. The first-order valence-electron chi connectivity index (χ1n) is 5.35. The van der Waals surface area contributed by atoms with Crippen molar-refractivity contribution in [2.24, 2.45) is 5.73 Å². The monoisotopic (exact) mass is 284 g/mol. The average molecular weight is 284 g/mol. The van der Waals surface area contributed by atoms with Crippen molar-refractivity contribution in [2.45, 2.75) is 0 Å². The number of nitrogens with two attached hydrogens (primary N) is 1. The van der Waals surface area contributed by atoms with E-state index in [0.29, 0.717) is 0 Å². The van der Waals surface area contributed by atoms with Gasteiger partial charge in [0.2, 0.25) is 5.82 Å². The number of nitrogens with one attached hydrogen (secondary N) is 1. The molecular formula is C10H12N4O6. The first kappa shape index (κ1) is 15.1. The molecule has 0 unspecified atom stereocenters. The molecule has 10 nitrogen and oxygen atoms in total. The number of anilines is 1. The quantitative estimate of drug-likeness (QED) is 0.327. The van der Waals surface area contributed by atoms with Gasteiger partial charge < -0.3 is 20.5 Å². The lowest BCUT2D eigenvalue weighted by Crippen LogP contribution is -2.19. The van der Waals surface area contributed by atoms with Gasteiger partial charge in [0.05, 0.1) is 18.6 Å². The van der Waals surface area contributed by atoms with E-state index >= 15 is 0 Å². The summed E-state index contributed by atoms with van der Waals surface area (Å²) in [7, 11) is 1.17. The molecular weight excluding hydrogens is 272 g/mol. The van der Waals surface area contributed by atoms with Gasteiger partial charge >= 0.3 is 17.7 Å². The Labute approximate surface area is 113 Å².